The highest BCUT2D eigenvalue weighted by molar-refractivity contribution is 6.30. The lowest BCUT2D eigenvalue weighted by atomic mass is 10.1. The fourth-order valence-electron chi connectivity index (χ4n) is 3.25. The number of rotatable bonds is 6. The van der Waals surface area contributed by atoms with E-state index in [4.69, 9.17) is 11.6 Å². The minimum absolute atomic E-state index is 0.0325. The quantitative estimate of drug-likeness (QED) is 0.843. The number of halogens is 1. The van der Waals surface area contributed by atoms with Crippen molar-refractivity contribution >= 4 is 23.2 Å². The van der Waals surface area contributed by atoms with Crippen molar-refractivity contribution in [1.29, 1.82) is 0 Å². The van der Waals surface area contributed by atoms with Gasteiger partial charge in [0.25, 0.3) is 0 Å². The van der Waals surface area contributed by atoms with Gasteiger partial charge in [-0.1, -0.05) is 41.9 Å². The first-order valence-corrected chi connectivity index (χ1v) is 9.56. The molecule has 1 aliphatic heterocycles. The number of carbonyl (C=O) groups is 1. The number of anilines is 1. The first-order chi connectivity index (χ1) is 12.6. The van der Waals surface area contributed by atoms with E-state index in [-0.39, 0.29) is 11.9 Å². The van der Waals surface area contributed by atoms with E-state index in [0.717, 1.165) is 44.8 Å². The molecular formula is C21H26ClN3O. The summed E-state index contributed by atoms with van der Waals surface area (Å²) in [6.45, 7) is 6.90. The summed E-state index contributed by atoms with van der Waals surface area (Å²) < 4.78 is 0. The number of piperazine rings is 1. The summed E-state index contributed by atoms with van der Waals surface area (Å²) in [5.41, 5.74) is 2.17. The Labute approximate surface area is 160 Å². The minimum Gasteiger partial charge on any atom is -0.325 e. The van der Waals surface area contributed by atoms with E-state index in [0.29, 0.717) is 5.02 Å². The Morgan fingerprint density at radius 2 is 1.69 bits per heavy atom. The Bertz CT molecular complexity index is 697. The third kappa shape index (κ3) is 5.31. The van der Waals surface area contributed by atoms with Crippen LogP contribution in [0, 0.1) is 0 Å². The average Bonchev–Trinajstić information content (AvgIpc) is 2.69. The highest BCUT2D eigenvalue weighted by Gasteiger charge is 2.25. The number of hydrogen-bond acceptors (Lipinski definition) is 3. The Balaban J connectivity index is 1.43. The molecular weight excluding hydrogens is 346 g/mol. The molecule has 2 aromatic carbocycles. The molecule has 0 aromatic heterocycles. The fraction of sp³-hybridized carbons (Fsp3) is 0.381. The molecule has 0 saturated carbocycles. The van der Waals surface area contributed by atoms with E-state index in [2.05, 4.69) is 45.4 Å². The maximum atomic E-state index is 12.5. The van der Waals surface area contributed by atoms with Gasteiger partial charge in [-0.3, -0.25) is 9.69 Å². The van der Waals surface area contributed by atoms with Crippen molar-refractivity contribution in [2.75, 3.05) is 38.0 Å². The summed E-state index contributed by atoms with van der Waals surface area (Å²) in [5.74, 6) is 0.0325. The van der Waals surface area contributed by atoms with E-state index in [1.807, 2.05) is 19.1 Å². The second-order valence-corrected chi connectivity index (χ2v) is 7.22. The SMILES string of the molecule is C[C@H](C(=O)Nc1ccc(Cl)cc1)N1CCN(CCc2ccccc2)CC1. The van der Waals surface area contributed by atoms with Crippen LogP contribution in [0.25, 0.3) is 0 Å². The fourth-order valence-corrected chi connectivity index (χ4v) is 3.38. The average molecular weight is 372 g/mol. The van der Waals surface area contributed by atoms with Gasteiger partial charge < -0.3 is 10.2 Å². The minimum atomic E-state index is -0.137. The maximum Gasteiger partial charge on any atom is 0.241 e. The largest absolute Gasteiger partial charge is 0.325 e. The second kappa shape index (κ2) is 9.17. The summed E-state index contributed by atoms with van der Waals surface area (Å²) in [6.07, 6.45) is 1.08. The van der Waals surface area contributed by atoms with Gasteiger partial charge >= 0.3 is 0 Å². The summed E-state index contributed by atoms with van der Waals surface area (Å²) in [5, 5.41) is 3.64. The predicted molar refractivity (Wildman–Crippen MR) is 108 cm³/mol. The van der Waals surface area contributed by atoms with Crippen LogP contribution in [-0.4, -0.2) is 54.5 Å². The molecule has 1 fully saturated rings. The van der Waals surface area contributed by atoms with Crippen molar-refractivity contribution in [3.8, 4) is 0 Å². The van der Waals surface area contributed by atoms with E-state index in [1.54, 1.807) is 12.1 Å². The zero-order valence-corrected chi connectivity index (χ0v) is 16.0. The molecule has 1 heterocycles. The van der Waals surface area contributed by atoms with Crippen molar-refractivity contribution in [2.45, 2.75) is 19.4 Å². The normalized spacial score (nSPS) is 17.0. The van der Waals surface area contributed by atoms with Gasteiger partial charge in [0.15, 0.2) is 0 Å². The highest BCUT2D eigenvalue weighted by Crippen LogP contribution is 2.15. The lowest BCUT2D eigenvalue weighted by Crippen LogP contribution is -2.53. The number of amides is 1. The summed E-state index contributed by atoms with van der Waals surface area (Å²) in [7, 11) is 0. The van der Waals surface area contributed by atoms with Crippen molar-refractivity contribution < 1.29 is 4.79 Å². The third-order valence-electron chi connectivity index (χ3n) is 5.01. The van der Waals surface area contributed by atoms with Crippen LogP contribution >= 0.6 is 11.6 Å². The monoisotopic (exact) mass is 371 g/mol. The van der Waals surface area contributed by atoms with E-state index < -0.39 is 0 Å². The van der Waals surface area contributed by atoms with Gasteiger partial charge in [-0.25, -0.2) is 0 Å². The van der Waals surface area contributed by atoms with E-state index in [1.165, 1.54) is 5.56 Å². The first kappa shape index (κ1) is 18.9. The number of nitrogens with one attached hydrogen (secondary N) is 1. The molecule has 0 radical (unpaired) electrons. The van der Waals surface area contributed by atoms with Gasteiger partial charge in [-0.15, -0.1) is 0 Å². The van der Waals surface area contributed by atoms with Gasteiger partial charge in [-0.05, 0) is 43.2 Å². The second-order valence-electron chi connectivity index (χ2n) is 6.79. The molecule has 3 rings (SSSR count). The van der Waals surface area contributed by atoms with Crippen LogP contribution in [0.5, 0.6) is 0 Å². The molecule has 2 aromatic rings. The van der Waals surface area contributed by atoms with Gasteiger partial charge in [0.1, 0.15) is 0 Å². The van der Waals surface area contributed by atoms with Crippen LogP contribution < -0.4 is 5.32 Å². The summed E-state index contributed by atoms with van der Waals surface area (Å²) >= 11 is 5.89. The van der Waals surface area contributed by atoms with Crippen LogP contribution in [0.15, 0.2) is 54.6 Å². The van der Waals surface area contributed by atoms with Gasteiger partial charge in [0, 0.05) is 43.4 Å². The molecule has 4 nitrogen and oxygen atoms in total. The van der Waals surface area contributed by atoms with Crippen LogP contribution in [-0.2, 0) is 11.2 Å². The van der Waals surface area contributed by atoms with Crippen LogP contribution in [0.1, 0.15) is 12.5 Å². The zero-order valence-electron chi connectivity index (χ0n) is 15.2. The molecule has 26 heavy (non-hydrogen) atoms. The predicted octanol–water partition coefficient (Wildman–Crippen LogP) is 3.53. The standard InChI is InChI=1S/C21H26ClN3O/c1-17(21(26)23-20-9-7-19(22)8-10-20)25-15-13-24(14-16-25)12-11-18-5-3-2-4-6-18/h2-10,17H,11-16H2,1H3,(H,23,26)/t17-/m1/s1. The molecule has 1 aliphatic rings. The molecule has 0 spiro atoms. The molecule has 0 unspecified atom stereocenters. The molecule has 5 heteroatoms. The molecule has 0 bridgehead atoms. The Kier molecular flexibility index (Phi) is 6.67. The van der Waals surface area contributed by atoms with Crippen molar-refractivity contribution in [1.82, 2.24) is 9.80 Å². The van der Waals surface area contributed by atoms with Crippen LogP contribution in [0.3, 0.4) is 0 Å². The van der Waals surface area contributed by atoms with E-state index in [9.17, 15) is 4.79 Å². The van der Waals surface area contributed by atoms with Gasteiger partial charge in [-0.2, -0.15) is 0 Å². The molecule has 1 N–H and O–H groups in total. The molecule has 138 valence electrons. The number of nitrogens with zero attached hydrogens (tertiary/aromatic N) is 2. The van der Waals surface area contributed by atoms with Crippen molar-refractivity contribution in [3.05, 3.63) is 65.2 Å². The number of carbonyl (C=O) groups excluding carboxylic acids is 1. The first-order valence-electron chi connectivity index (χ1n) is 9.18. The lowest BCUT2D eigenvalue weighted by molar-refractivity contribution is -0.121. The smallest absolute Gasteiger partial charge is 0.241 e. The molecule has 1 amide bonds. The Morgan fingerprint density at radius 1 is 1.04 bits per heavy atom. The van der Waals surface area contributed by atoms with Gasteiger partial charge in [0.2, 0.25) is 5.91 Å². The maximum absolute atomic E-state index is 12.5. The number of benzene rings is 2. The third-order valence-corrected chi connectivity index (χ3v) is 5.26. The molecule has 1 atom stereocenters. The van der Waals surface area contributed by atoms with Gasteiger partial charge in [0.05, 0.1) is 6.04 Å². The summed E-state index contributed by atoms with van der Waals surface area (Å²) in [6, 6.07) is 17.7. The van der Waals surface area contributed by atoms with Crippen molar-refractivity contribution in [3.63, 3.8) is 0 Å². The van der Waals surface area contributed by atoms with Crippen molar-refractivity contribution in [2.24, 2.45) is 0 Å². The number of hydrogen-bond donors (Lipinski definition) is 1. The molecule has 0 aliphatic carbocycles. The van der Waals surface area contributed by atoms with E-state index >= 15 is 0 Å². The summed E-state index contributed by atoms with van der Waals surface area (Å²) in [4.78, 5) is 17.2. The lowest BCUT2D eigenvalue weighted by Gasteiger charge is -2.37. The Hall–Kier alpha value is -1.88. The zero-order chi connectivity index (χ0) is 18.4. The topological polar surface area (TPSA) is 35.6 Å². The van der Waals surface area contributed by atoms with Crippen LogP contribution in [0.4, 0.5) is 5.69 Å². The highest BCUT2D eigenvalue weighted by atomic mass is 35.5. The van der Waals surface area contributed by atoms with Crippen LogP contribution in [0.2, 0.25) is 5.02 Å². The Morgan fingerprint density at radius 3 is 2.35 bits per heavy atom. The molecule has 1 saturated heterocycles.